The molecule has 0 saturated carbocycles. The molecule has 1 aromatic rings. The number of rotatable bonds is 12. The minimum atomic E-state index is 0.254. The molecule has 0 aliphatic carbocycles. The van der Waals surface area contributed by atoms with Crippen LogP contribution >= 0.6 is 0 Å². The zero-order valence-electron chi connectivity index (χ0n) is 15.6. The molecular formula is C21H38N2. The van der Waals surface area contributed by atoms with Crippen LogP contribution in [-0.2, 0) is 5.41 Å². The fourth-order valence-corrected chi connectivity index (χ4v) is 3.14. The first-order chi connectivity index (χ1) is 11.0. The van der Waals surface area contributed by atoms with E-state index in [-0.39, 0.29) is 5.41 Å². The molecular weight excluding hydrogens is 280 g/mol. The second-order valence-electron chi connectivity index (χ2n) is 7.69. The molecule has 0 radical (unpaired) electrons. The highest BCUT2D eigenvalue weighted by Gasteiger charge is 2.19. The van der Waals surface area contributed by atoms with Gasteiger partial charge in [0, 0.05) is 11.7 Å². The van der Waals surface area contributed by atoms with Crippen molar-refractivity contribution in [2.75, 3.05) is 5.73 Å². The smallest absolute Gasteiger partial charge is 0.0314 e. The van der Waals surface area contributed by atoms with E-state index in [1.165, 1.54) is 63.4 Å². The molecule has 0 bridgehead atoms. The second-order valence-corrected chi connectivity index (χ2v) is 7.69. The first kappa shape index (κ1) is 20.0. The van der Waals surface area contributed by atoms with Gasteiger partial charge in [-0.1, -0.05) is 77.8 Å². The predicted octanol–water partition coefficient (Wildman–Crippen LogP) is 5.79. The van der Waals surface area contributed by atoms with Crippen molar-refractivity contribution < 1.29 is 0 Å². The molecule has 0 amide bonds. The van der Waals surface area contributed by atoms with Crippen molar-refractivity contribution in [3.8, 4) is 0 Å². The fraction of sp³-hybridized carbons (Fsp3) is 0.714. The molecule has 0 fully saturated rings. The summed E-state index contributed by atoms with van der Waals surface area (Å²) in [7, 11) is 0. The van der Waals surface area contributed by atoms with Gasteiger partial charge in [-0.25, -0.2) is 0 Å². The highest BCUT2D eigenvalue weighted by Crippen LogP contribution is 2.30. The molecule has 4 N–H and O–H groups in total. The monoisotopic (exact) mass is 318 g/mol. The van der Waals surface area contributed by atoms with E-state index in [2.05, 4.69) is 32.9 Å². The number of hydrogen-bond acceptors (Lipinski definition) is 2. The van der Waals surface area contributed by atoms with Crippen LogP contribution in [0.4, 0.5) is 5.69 Å². The maximum absolute atomic E-state index is 5.94. The summed E-state index contributed by atoms with van der Waals surface area (Å²) in [6, 6.07) is 8.81. The number of nitrogens with two attached hydrogens (primary N) is 2. The number of anilines is 1. The highest BCUT2D eigenvalue weighted by molar-refractivity contribution is 5.41. The summed E-state index contributed by atoms with van der Waals surface area (Å²) < 4.78 is 0. The van der Waals surface area contributed by atoms with E-state index >= 15 is 0 Å². The maximum Gasteiger partial charge on any atom is 0.0314 e. The Kier molecular flexibility index (Phi) is 9.31. The molecule has 0 aliphatic rings. The van der Waals surface area contributed by atoms with E-state index in [1.807, 2.05) is 12.1 Å². The Morgan fingerprint density at radius 2 is 1.39 bits per heavy atom. The summed E-state index contributed by atoms with van der Waals surface area (Å²) in [6.45, 7) is 6.86. The molecule has 0 heterocycles. The standard InChI is InChI=1S/C21H38N2/c1-4-19(22)12-10-8-6-5-7-9-11-17-21(2,3)18-13-15-20(23)16-14-18/h13-16,19H,4-12,17,22-23H2,1-3H3. The molecule has 1 atom stereocenters. The molecule has 0 aromatic heterocycles. The zero-order valence-corrected chi connectivity index (χ0v) is 15.6. The average Bonchev–Trinajstić information content (AvgIpc) is 2.53. The lowest BCUT2D eigenvalue weighted by molar-refractivity contribution is 0.440. The van der Waals surface area contributed by atoms with Crippen LogP contribution in [0.15, 0.2) is 24.3 Å². The van der Waals surface area contributed by atoms with Gasteiger partial charge in [-0.15, -0.1) is 0 Å². The van der Waals surface area contributed by atoms with E-state index in [0.717, 1.165) is 12.1 Å². The Morgan fingerprint density at radius 1 is 0.870 bits per heavy atom. The quantitative estimate of drug-likeness (QED) is 0.378. The number of benzene rings is 1. The summed E-state index contributed by atoms with van der Waals surface area (Å²) in [5, 5.41) is 0. The van der Waals surface area contributed by atoms with Gasteiger partial charge in [0.05, 0.1) is 0 Å². The third-order valence-electron chi connectivity index (χ3n) is 5.09. The van der Waals surface area contributed by atoms with E-state index in [0.29, 0.717) is 6.04 Å². The van der Waals surface area contributed by atoms with E-state index in [4.69, 9.17) is 11.5 Å². The summed E-state index contributed by atoms with van der Waals surface area (Å²) in [4.78, 5) is 0. The van der Waals surface area contributed by atoms with E-state index < -0.39 is 0 Å². The third kappa shape index (κ3) is 8.41. The van der Waals surface area contributed by atoms with Gasteiger partial charge < -0.3 is 11.5 Å². The molecule has 1 aromatic carbocycles. The Balaban J connectivity index is 2.07. The van der Waals surface area contributed by atoms with Gasteiger partial charge in [0.25, 0.3) is 0 Å². The molecule has 132 valence electrons. The van der Waals surface area contributed by atoms with Crippen LogP contribution in [0.1, 0.15) is 90.5 Å². The Hall–Kier alpha value is -1.02. The molecule has 0 aliphatic heterocycles. The van der Waals surface area contributed by atoms with Gasteiger partial charge in [-0.05, 0) is 42.4 Å². The fourth-order valence-electron chi connectivity index (χ4n) is 3.14. The van der Waals surface area contributed by atoms with Crippen molar-refractivity contribution in [2.45, 2.75) is 96.4 Å². The molecule has 1 unspecified atom stereocenters. The Morgan fingerprint density at radius 3 is 1.96 bits per heavy atom. The SMILES string of the molecule is CCC(N)CCCCCCCCCC(C)(C)c1ccc(N)cc1. The Bertz CT molecular complexity index is 408. The molecule has 2 nitrogen and oxygen atoms in total. The van der Waals surface area contributed by atoms with Gasteiger partial charge in [0.1, 0.15) is 0 Å². The van der Waals surface area contributed by atoms with Crippen LogP contribution < -0.4 is 11.5 Å². The van der Waals surface area contributed by atoms with Crippen molar-refractivity contribution in [3.63, 3.8) is 0 Å². The van der Waals surface area contributed by atoms with Crippen molar-refractivity contribution in [1.29, 1.82) is 0 Å². The van der Waals surface area contributed by atoms with Crippen molar-refractivity contribution >= 4 is 5.69 Å². The topological polar surface area (TPSA) is 52.0 Å². The van der Waals surface area contributed by atoms with Gasteiger partial charge in [0.2, 0.25) is 0 Å². The lowest BCUT2D eigenvalue weighted by atomic mass is 9.80. The zero-order chi connectivity index (χ0) is 17.1. The summed E-state index contributed by atoms with van der Waals surface area (Å²) in [5.74, 6) is 0. The minimum Gasteiger partial charge on any atom is -0.399 e. The molecule has 1 rings (SSSR count). The lowest BCUT2D eigenvalue weighted by Gasteiger charge is -2.25. The number of nitrogen functional groups attached to an aromatic ring is 1. The van der Waals surface area contributed by atoms with Gasteiger partial charge in [-0.3, -0.25) is 0 Å². The van der Waals surface area contributed by atoms with Crippen LogP contribution in [0.25, 0.3) is 0 Å². The third-order valence-corrected chi connectivity index (χ3v) is 5.09. The molecule has 0 saturated heterocycles. The van der Waals surface area contributed by atoms with Crippen molar-refractivity contribution in [2.24, 2.45) is 5.73 Å². The molecule has 0 spiro atoms. The maximum atomic E-state index is 5.94. The predicted molar refractivity (Wildman–Crippen MR) is 104 cm³/mol. The Labute approximate surface area is 144 Å². The number of unbranched alkanes of at least 4 members (excludes halogenated alkanes) is 6. The second kappa shape index (κ2) is 10.7. The van der Waals surface area contributed by atoms with Gasteiger partial charge in [-0.2, -0.15) is 0 Å². The summed E-state index contributed by atoms with van der Waals surface area (Å²) >= 11 is 0. The first-order valence-electron chi connectivity index (χ1n) is 9.57. The van der Waals surface area contributed by atoms with Crippen LogP contribution in [0.5, 0.6) is 0 Å². The lowest BCUT2D eigenvalue weighted by Crippen LogP contribution is -2.17. The summed E-state index contributed by atoms with van der Waals surface area (Å²) in [6.07, 6.45) is 13.0. The minimum absolute atomic E-state index is 0.254. The normalized spacial score (nSPS) is 13.2. The van der Waals surface area contributed by atoms with Crippen LogP contribution in [0.2, 0.25) is 0 Å². The van der Waals surface area contributed by atoms with E-state index in [1.54, 1.807) is 0 Å². The van der Waals surface area contributed by atoms with Gasteiger partial charge >= 0.3 is 0 Å². The van der Waals surface area contributed by atoms with Crippen LogP contribution in [0.3, 0.4) is 0 Å². The van der Waals surface area contributed by atoms with Crippen molar-refractivity contribution in [3.05, 3.63) is 29.8 Å². The van der Waals surface area contributed by atoms with Crippen LogP contribution in [-0.4, -0.2) is 6.04 Å². The van der Waals surface area contributed by atoms with Crippen molar-refractivity contribution in [1.82, 2.24) is 0 Å². The van der Waals surface area contributed by atoms with E-state index in [9.17, 15) is 0 Å². The summed E-state index contributed by atoms with van der Waals surface area (Å²) in [5.41, 5.74) is 14.2. The molecule has 23 heavy (non-hydrogen) atoms. The average molecular weight is 319 g/mol. The highest BCUT2D eigenvalue weighted by atomic mass is 14.6. The number of hydrogen-bond donors (Lipinski definition) is 2. The van der Waals surface area contributed by atoms with Crippen LogP contribution in [0, 0.1) is 0 Å². The largest absolute Gasteiger partial charge is 0.399 e. The first-order valence-corrected chi connectivity index (χ1v) is 9.57. The van der Waals surface area contributed by atoms with Gasteiger partial charge in [0.15, 0.2) is 0 Å². The molecule has 2 heteroatoms.